The van der Waals surface area contributed by atoms with Crippen molar-refractivity contribution in [1.82, 2.24) is 0 Å². The third kappa shape index (κ3) is 4.11. The molecule has 118 valence electrons. The molecule has 6 heteroatoms. The highest BCUT2D eigenvalue weighted by atomic mass is 32.2. The zero-order valence-electron chi connectivity index (χ0n) is 12.4. The molecule has 1 aliphatic carbocycles. The number of aliphatic hydroxyl groups excluding tert-OH is 1. The van der Waals surface area contributed by atoms with E-state index >= 15 is 0 Å². The van der Waals surface area contributed by atoms with E-state index in [-0.39, 0.29) is 18.0 Å². The van der Waals surface area contributed by atoms with Gasteiger partial charge >= 0.3 is 0 Å². The normalized spacial score (nSPS) is 22.8. The van der Waals surface area contributed by atoms with Gasteiger partial charge in [-0.3, -0.25) is 0 Å². The average Bonchev–Trinajstić information content (AvgIpc) is 2.47. The second kappa shape index (κ2) is 6.66. The highest BCUT2D eigenvalue weighted by Gasteiger charge is 2.30. The Labute approximate surface area is 125 Å². The lowest BCUT2D eigenvalue weighted by molar-refractivity contribution is 0.151. The van der Waals surface area contributed by atoms with Gasteiger partial charge in [0, 0.05) is 18.2 Å². The Hall–Kier alpha value is -1.27. The molecule has 1 saturated carbocycles. The van der Waals surface area contributed by atoms with Gasteiger partial charge in [-0.2, -0.15) is 0 Å². The summed E-state index contributed by atoms with van der Waals surface area (Å²) in [4.78, 5) is 0. The summed E-state index contributed by atoms with van der Waals surface area (Å²) < 4.78 is 34.4. The van der Waals surface area contributed by atoms with E-state index in [9.17, 15) is 13.5 Å². The smallest absolute Gasteiger partial charge is 0.150 e. The van der Waals surface area contributed by atoms with Gasteiger partial charge < -0.3 is 14.6 Å². The second-order valence-electron chi connectivity index (χ2n) is 5.49. The Morgan fingerprint density at radius 1 is 1.33 bits per heavy atom. The molecular formula is C15H22O5S. The van der Waals surface area contributed by atoms with E-state index in [0.717, 1.165) is 12.8 Å². The molecule has 1 aromatic carbocycles. The third-order valence-electron chi connectivity index (χ3n) is 3.92. The van der Waals surface area contributed by atoms with Crippen molar-refractivity contribution in [1.29, 1.82) is 0 Å². The van der Waals surface area contributed by atoms with E-state index in [4.69, 9.17) is 9.47 Å². The molecule has 0 radical (unpaired) electrons. The summed E-state index contributed by atoms with van der Waals surface area (Å²) in [6.07, 6.45) is 4.05. The van der Waals surface area contributed by atoms with E-state index in [2.05, 4.69) is 0 Å². The number of sulfone groups is 1. The summed E-state index contributed by atoms with van der Waals surface area (Å²) in [5, 5.41) is 9.09. The molecule has 0 spiro atoms. The summed E-state index contributed by atoms with van der Waals surface area (Å²) in [5.41, 5.74) is 0.649. The van der Waals surface area contributed by atoms with E-state index in [0.29, 0.717) is 29.9 Å². The minimum atomic E-state index is -3.03. The first-order valence-electron chi connectivity index (χ1n) is 7.07. The van der Waals surface area contributed by atoms with Crippen LogP contribution in [0.5, 0.6) is 11.5 Å². The van der Waals surface area contributed by atoms with Crippen molar-refractivity contribution in [3.63, 3.8) is 0 Å². The minimum Gasteiger partial charge on any atom is -0.497 e. The number of hydrogen-bond donors (Lipinski definition) is 1. The number of benzene rings is 1. The van der Waals surface area contributed by atoms with Crippen LogP contribution in [0, 0.1) is 0 Å². The highest BCUT2D eigenvalue weighted by Crippen LogP contribution is 2.30. The van der Waals surface area contributed by atoms with Crippen molar-refractivity contribution in [2.24, 2.45) is 0 Å². The van der Waals surface area contributed by atoms with Gasteiger partial charge in [0.1, 0.15) is 21.3 Å². The lowest BCUT2D eigenvalue weighted by Gasteiger charge is -2.29. The van der Waals surface area contributed by atoms with Crippen molar-refractivity contribution < 1.29 is 23.0 Å². The maximum absolute atomic E-state index is 11.7. The van der Waals surface area contributed by atoms with Gasteiger partial charge in [-0.1, -0.05) is 0 Å². The molecule has 1 fully saturated rings. The van der Waals surface area contributed by atoms with Crippen LogP contribution >= 0.6 is 0 Å². The fourth-order valence-corrected chi connectivity index (χ4v) is 3.86. The molecule has 1 aliphatic rings. The number of aliphatic hydroxyl groups is 1. The molecule has 0 aromatic heterocycles. The molecule has 0 heterocycles. The standard InChI is InChI=1S/C15H22O5S/c1-19-12-6-7-15(11(8-12)10-16)20-13-4-3-5-14(9-13)21(2,17)18/h6-8,13-14,16H,3-5,9-10H2,1-2H3. The summed E-state index contributed by atoms with van der Waals surface area (Å²) in [6, 6.07) is 5.26. The highest BCUT2D eigenvalue weighted by molar-refractivity contribution is 7.91. The SMILES string of the molecule is COc1ccc(OC2CCCC(S(C)(=O)=O)C2)c(CO)c1. The fraction of sp³-hybridized carbons (Fsp3) is 0.600. The fourth-order valence-electron chi connectivity index (χ4n) is 2.70. The number of ether oxygens (including phenoxy) is 2. The molecule has 0 amide bonds. The quantitative estimate of drug-likeness (QED) is 0.899. The van der Waals surface area contributed by atoms with Crippen LogP contribution in [0.2, 0.25) is 0 Å². The van der Waals surface area contributed by atoms with Gasteiger partial charge in [-0.15, -0.1) is 0 Å². The predicted octanol–water partition coefficient (Wildman–Crippen LogP) is 1.92. The maximum atomic E-state index is 11.7. The lowest BCUT2D eigenvalue weighted by Crippen LogP contribution is -2.33. The Balaban J connectivity index is 2.11. The van der Waals surface area contributed by atoms with Crippen molar-refractivity contribution in [2.75, 3.05) is 13.4 Å². The maximum Gasteiger partial charge on any atom is 0.150 e. The van der Waals surface area contributed by atoms with Crippen LogP contribution in [0.4, 0.5) is 0 Å². The monoisotopic (exact) mass is 314 g/mol. The van der Waals surface area contributed by atoms with E-state index in [1.165, 1.54) is 6.26 Å². The molecule has 0 aliphatic heterocycles. The van der Waals surface area contributed by atoms with Crippen LogP contribution in [-0.4, -0.2) is 38.2 Å². The molecule has 1 aromatic rings. The number of methoxy groups -OCH3 is 1. The number of hydrogen-bond acceptors (Lipinski definition) is 5. The molecule has 2 unspecified atom stereocenters. The Bertz CT molecular complexity index is 582. The summed E-state index contributed by atoms with van der Waals surface area (Å²) in [6.45, 7) is -0.144. The van der Waals surface area contributed by atoms with Gasteiger partial charge in [0.15, 0.2) is 0 Å². The summed E-state index contributed by atoms with van der Waals surface area (Å²) >= 11 is 0. The average molecular weight is 314 g/mol. The molecule has 2 atom stereocenters. The summed E-state index contributed by atoms with van der Waals surface area (Å²) in [7, 11) is -1.46. The van der Waals surface area contributed by atoms with Crippen molar-refractivity contribution in [3.8, 4) is 11.5 Å². The Morgan fingerprint density at radius 2 is 2.10 bits per heavy atom. The second-order valence-corrected chi connectivity index (χ2v) is 7.82. The van der Waals surface area contributed by atoms with Crippen LogP contribution in [-0.2, 0) is 16.4 Å². The topological polar surface area (TPSA) is 72.8 Å². The van der Waals surface area contributed by atoms with E-state index in [1.54, 1.807) is 25.3 Å². The molecule has 0 bridgehead atoms. The van der Waals surface area contributed by atoms with Gasteiger partial charge in [-0.25, -0.2) is 8.42 Å². The Kier molecular flexibility index (Phi) is 5.11. The Morgan fingerprint density at radius 3 is 2.71 bits per heavy atom. The summed E-state index contributed by atoms with van der Waals surface area (Å²) in [5.74, 6) is 1.25. The molecule has 2 rings (SSSR count). The van der Waals surface area contributed by atoms with Crippen LogP contribution in [0.3, 0.4) is 0 Å². The third-order valence-corrected chi connectivity index (χ3v) is 5.55. The lowest BCUT2D eigenvalue weighted by atomic mass is 9.97. The van der Waals surface area contributed by atoms with Crippen LogP contribution in [0.15, 0.2) is 18.2 Å². The molecule has 0 saturated heterocycles. The predicted molar refractivity (Wildman–Crippen MR) is 80.4 cm³/mol. The zero-order chi connectivity index (χ0) is 15.5. The number of rotatable bonds is 5. The van der Waals surface area contributed by atoms with Crippen molar-refractivity contribution in [3.05, 3.63) is 23.8 Å². The van der Waals surface area contributed by atoms with E-state index < -0.39 is 9.84 Å². The first kappa shape index (κ1) is 16.1. The van der Waals surface area contributed by atoms with Gasteiger partial charge in [-0.05, 0) is 37.5 Å². The molecule has 1 N–H and O–H groups in total. The van der Waals surface area contributed by atoms with Crippen LogP contribution in [0.25, 0.3) is 0 Å². The minimum absolute atomic E-state index is 0.128. The van der Waals surface area contributed by atoms with Crippen LogP contribution < -0.4 is 9.47 Å². The van der Waals surface area contributed by atoms with Gasteiger partial charge in [0.2, 0.25) is 0 Å². The van der Waals surface area contributed by atoms with Crippen molar-refractivity contribution in [2.45, 2.75) is 43.6 Å². The first-order valence-corrected chi connectivity index (χ1v) is 9.02. The van der Waals surface area contributed by atoms with Crippen LogP contribution in [0.1, 0.15) is 31.2 Å². The molecule has 21 heavy (non-hydrogen) atoms. The van der Waals surface area contributed by atoms with Gasteiger partial charge in [0.05, 0.1) is 25.1 Å². The van der Waals surface area contributed by atoms with Gasteiger partial charge in [0.25, 0.3) is 0 Å². The zero-order valence-corrected chi connectivity index (χ0v) is 13.2. The van der Waals surface area contributed by atoms with E-state index in [1.807, 2.05) is 0 Å². The molecular weight excluding hydrogens is 292 g/mol. The first-order chi connectivity index (χ1) is 9.94. The molecule has 5 nitrogen and oxygen atoms in total. The van der Waals surface area contributed by atoms with Crippen molar-refractivity contribution >= 4 is 9.84 Å². The largest absolute Gasteiger partial charge is 0.497 e.